The Bertz CT molecular complexity index is 237. The molecule has 1 aliphatic heterocycles. The second-order valence-corrected chi connectivity index (χ2v) is 2.57. The first-order valence-electron chi connectivity index (χ1n) is 3.16. The molecule has 0 amide bonds. The zero-order valence-corrected chi connectivity index (χ0v) is 5.65. The maximum atomic E-state index is 3.23. The van der Waals surface area contributed by atoms with Crippen LogP contribution in [-0.4, -0.2) is 0 Å². The molecule has 0 aromatic heterocycles. The third-order valence-electron chi connectivity index (χ3n) is 1.81. The van der Waals surface area contributed by atoms with Gasteiger partial charge < -0.3 is 5.32 Å². The van der Waals surface area contributed by atoms with Crippen LogP contribution >= 0.6 is 0 Å². The Morgan fingerprint density at radius 1 is 1.00 bits per heavy atom. The second-order valence-electron chi connectivity index (χ2n) is 2.57. The van der Waals surface area contributed by atoms with Gasteiger partial charge in [0.15, 0.2) is 0 Å². The van der Waals surface area contributed by atoms with Gasteiger partial charge in [-0.15, -0.1) is 0 Å². The first kappa shape index (κ1) is 4.86. The van der Waals surface area contributed by atoms with Gasteiger partial charge in [0.2, 0.25) is 0 Å². The molecule has 0 atom stereocenters. The molecule has 1 aromatic rings. The van der Waals surface area contributed by atoms with E-state index in [9.17, 15) is 0 Å². The van der Waals surface area contributed by atoms with Crippen LogP contribution in [0.3, 0.4) is 0 Å². The molecular formula is C8H9N. The molecule has 0 saturated carbocycles. The van der Waals surface area contributed by atoms with Gasteiger partial charge in [-0.25, -0.2) is 0 Å². The number of fused-ring (bicyclic) bond motifs is 1. The zero-order valence-electron chi connectivity index (χ0n) is 5.65. The van der Waals surface area contributed by atoms with Crippen LogP contribution < -0.4 is 5.32 Å². The minimum absolute atomic E-state index is 1.34. The molecule has 1 aromatic carbocycles. The number of hydrogen-bond acceptors (Lipinski definition) is 1. The normalized spacial score (nSPS) is 12.2. The standard InChI is InChI=1S/C8H9N/c1-5-3-4-6(2)8-7(5)9-8/h3-4,9H,1-2H3. The average Bonchev–Trinajstić information content (AvgIpc) is 2.57. The van der Waals surface area contributed by atoms with Gasteiger partial charge in [0.1, 0.15) is 0 Å². The molecule has 9 heavy (non-hydrogen) atoms. The van der Waals surface area contributed by atoms with Crippen LogP contribution in [0.1, 0.15) is 11.1 Å². The topological polar surface area (TPSA) is 21.9 Å². The van der Waals surface area contributed by atoms with Crippen molar-refractivity contribution in [1.82, 2.24) is 0 Å². The van der Waals surface area contributed by atoms with Gasteiger partial charge in [-0.3, -0.25) is 0 Å². The highest BCUT2D eigenvalue weighted by Crippen LogP contribution is 2.43. The van der Waals surface area contributed by atoms with Gasteiger partial charge in [-0.05, 0) is 25.0 Å². The van der Waals surface area contributed by atoms with E-state index in [4.69, 9.17) is 0 Å². The van der Waals surface area contributed by atoms with Crippen molar-refractivity contribution in [3.05, 3.63) is 23.3 Å². The van der Waals surface area contributed by atoms with Crippen LogP contribution in [-0.2, 0) is 0 Å². The average molecular weight is 119 g/mol. The van der Waals surface area contributed by atoms with Crippen molar-refractivity contribution in [3.8, 4) is 0 Å². The first-order chi connectivity index (χ1) is 4.29. The summed E-state index contributed by atoms with van der Waals surface area (Å²) in [5.41, 5.74) is 5.40. The lowest BCUT2D eigenvalue weighted by Gasteiger charge is -1.86. The van der Waals surface area contributed by atoms with E-state index in [1.165, 1.54) is 22.5 Å². The summed E-state index contributed by atoms with van der Waals surface area (Å²) in [6, 6.07) is 4.29. The molecular weight excluding hydrogens is 110 g/mol. The minimum atomic E-state index is 1.34. The van der Waals surface area contributed by atoms with Crippen molar-refractivity contribution in [2.75, 3.05) is 5.32 Å². The molecule has 1 N–H and O–H groups in total. The van der Waals surface area contributed by atoms with E-state index in [0.29, 0.717) is 0 Å². The van der Waals surface area contributed by atoms with Crippen LogP contribution in [0.25, 0.3) is 0 Å². The summed E-state index contributed by atoms with van der Waals surface area (Å²) in [5, 5.41) is 3.23. The van der Waals surface area contributed by atoms with E-state index in [2.05, 4.69) is 31.3 Å². The second kappa shape index (κ2) is 1.29. The SMILES string of the molecule is Cc1ccc(C)c2c1N2. The molecule has 0 unspecified atom stereocenters. The fourth-order valence-electron chi connectivity index (χ4n) is 1.10. The van der Waals surface area contributed by atoms with E-state index in [-0.39, 0.29) is 0 Å². The summed E-state index contributed by atoms with van der Waals surface area (Å²) >= 11 is 0. The molecule has 0 aliphatic carbocycles. The zero-order chi connectivity index (χ0) is 6.43. The van der Waals surface area contributed by atoms with Crippen molar-refractivity contribution in [3.63, 3.8) is 0 Å². The maximum Gasteiger partial charge on any atom is 0.0656 e. The molecule has 1 heteroatoms. The van der Waals surface area contributed by atoms with E-state index >= 15 is 0 Å². The Hall–Kier alpha value is -0.980. The highest BCUT2D eigenvalue weighted by molar-refractivity contribution is 5.94. The first-order valence-corrected chi connectivity index (χ1v) is 3.16. The molecule has 46 valence electrons. The van der Waals surface area contributed by atoms with Crippen molar-refractivity contribution < 1.29 is 0 Å². The van der Waals surface area contributed by atoms with Crippen molar-refractivity contribution in [2.24, 2.45) is 0 Å². The van der Waals surface area contributed by atoms with Crippen LogP contribution in [0.15, 0.2) is 12.1 Å². The van der Waals surface area contributed by atoms with E-state index < -0.39 is 0 Å². The highest BCUT2D eigenvalue weighted by Gasteiger charge is 2.19. The third-order valence-corrected chi connectivity index (χ3v) is 1.81. The smallest absolute Gasteiger partial charge is 0.0656 e. The Morgan fingerprint density at radius 3 is 1.89 bits per heavy atom. The Labute approximate surface area is 54.7 Å². The summed E-state index contributed by atoms with van der Waals surface area (Å²) < 4.78 is 0. The molecule has 0 radical (unpaired) electrons. The molecule has 1 aliphatic rings. The summed E-state index contributed by atoms with van der Waals surface area (Å²) in [4.78, 5) is 0. The molecule has 0 spiro atoms. The van der Waals surface area contributed by atoms with Gasteiger partial charge in [0.25, 0.3) is 0 Å². The number of aryl methyl sites for hydroxylation is 2. The lowest BCUT2D eigenvalue weighted by molar-refractivity contribution is 1.48. The lowest BCUT2D eigenvalue weighted by atomic mass is 10.2. The molecule has 0 bridgehead atoms. The van der Waals surface area contributed by atoms with Gasteiger partial charge in [0.05, 0.1) is 11.4 Å². The minimum Gasteiger partial charge on any atom is -0.352 e. The Balaban J connectivity index is 2.68. The highest BCUT2D eigenvalue weighted by atomic mass is 15.0. The predicted molar refractivity (Wildman–Crippen MR) is 39.2 cm³/mol. The van der Waals surface area contributed by atoms with Gasteiger partial charge in [0, 0.05) is 0 Å². The molecule has 1 heterocycles. The maximum absolute atomic E-state index is 3.23. The van der Waals surface area contributed by atoms with Crippen molar-refractivity contribution >= 4 is 11.4 Å². The quantitative estimate of drug-likeness (QED) is 0.528. The fourth-order valence-corrected chi connectivity index (χ4v) is 1.10. The monoisotopic (exact) mass is 119 g/mol. The van der Waals surface area contributed by atoms with E-state index in [0.717, 1.165) is 0 Å². The molecule has 1 nitrogen and oxygen atoms in total. The summed E-state index contributed by atoms with van der Waals surface area (Å²) in [7, 11) is 0. The van der Waals surface area contributed by atoms with Crippen LogP contribution in [0.4, 0.5) is 11.4 Å². The summed E-state index contributed by atoms with van der Waals surface area (Å²) in [6.45, 7) is 4.25. The number of rotatable bonds is 0. The van der Waals surface area contributed by atoms with E-state index in [1.54, 1.807) is 0 Å². The number of benzene rings is 1. The van der Waals surface area contributed by atoms with Gasteiger partial charge in [-0.1, -0.05) is 12.1 Å². The van der Waals surface area contributed by atoms with Crippen LogP contribution in [0.5, 0.6) is 0 Å². The largest absolute Gasteiger partial charge is 0.352 e. The van der Waals surface area contributed by atoms with Crippen molar-refractivity contribution in [2.45, 2.75) is 13.8 Å². The lowest BCUT2D eigenvalue weighted by Crippen LogP contribution is -1.64. The Kier molecular flexibility index (Phi) is 0.699. The third kappa shape index (κ3) is 0.545. The summed E-state index contributed by atoms with van der Waals surface area (Å²) in [6.07, 6.45) is 0. The fraction of sp³-hybridized carbons (Fsp3) is 0.250. The van der Waals surface area contributed by atoms with Crippen molar-refractivity contribution in [1.29, 1.82) is 0 Å². The van der Waals surface area contributed by atoms with Gasteiger partial charge in [-0.2, -0.15) is 0 Å². The molecule has 0 fully saturated rings. The van der Waals surface area contributed by atoms with Crippen LogP contribution in [0.2, 0.25) is 0 Å². The predicted octanol–water partition coefficient (Wildman–Crippen LogP) is 2.36. The van der Waals surface area contributed by atoms with Gasteiger partial charge >= 0.3 is 0 Å². The Morgan fingerprint density at radius 2 is 1.44 bits per heavy atom. The molecule has 0 saturated heterocycles. The van der Waals surface area contributed by atoms with E-state index in [1.807, 2.05) is 0 Å². The number of anilines is 2. The summed E-state index contributed by atoms with van der Waals surface area (Å²) in [5.74, 6) is 0. The number of nitrogens with one attached hydrogen (secondary N) is 1. The number of hydrogen-bond donors (Lipinski definition) is 1. The molecule has 2 rings (SSSR count). The van der Waals surface area contributed by atoms with Crippen LogP contribution in [0, 0.1) is 13.8 Å².